The van der Waals surface area contributed by atoms with Gasteiger partial charge < -0.3 is 10.1 Å². The number of methoxy groups -OCH3 is 1. The molecule has 0 aliphatic carbocycles. The molecule has 0 bridgehead atoms. The van der Waals surface area contributed by atoms with E-state index in [4.69, 9.17) is 0 Å². The first-order valence-electron chi connectivity index (χ1n) is 9.31. The van der Waals surface area contributed by atoms with Crippen molar-refractivity contribution in [3.05, 3.63) is 70.9 Å². The van der Waals surface area contributed by atoms with E-state index in [1.54, 1.807) is 13.9 Å². The summed E-state index contributed by atoms with van der Waals surface area (Å²) in [6.45, 7) is 0. The lowest BCUT2D eigenvalue weighted by Gasteiger charge is -2.19. The maximum absolute atomic E-state index is 13.9. The zero-order valence-corrected chi connectivity index (χ0v) is 16.9. The van der Waals surface area contributed by atoms with Crippen LogP contribution in [-0.2, 0) is 22.1 Å². The van der Waals surface area contributed by atoms with E-state index in [0.29, 0.717) is 11.7 Å². The summed E-state index contributed by atoms with van der Waals surface area (Å²) in [6, 6.07) is 5.40. The standard InChI is InChI=1S/C21H16BF5N2O3/c1-32-20(31)16(29-19(30)17-14(23)3-2-4-15(17)24)7-10-5-6-13(22)18-12(10)8-11(9-28-18)21(25,26)27/h2-6,8-9,16H,7,22H2,1H3,(H,29,30)/t16-/m0/s1. The van der Waals surface area contributed by atoms with Crippen LogP contribution >= 0.6 is 0 Å². The van der Waals surface area contributed by atoms with Gasteiger partial charge >= 0.3 is 12.1 Å². The number of alkyl halides is 3. The summed E-state index contributed by atoms with van der Waals surface area (Å²) in [7, 11) is 2.70. The van der Waals surface area contributed by atoms with Gasteiger partial charge in [-0.25, -0.2) is 13.6 Å². The number of amides is 1. The van der Waals surface area contributed by atoms with Gasteiger partial charge in [0.2, 0.25) is 0 Å². The van der Waals surface area contributed by atoms with E-state index in [2.05, 4.69) is 15.0 Å². The third kappa shape index (κ3) is 4.71. The number of pyridine rings is 1. The van der Waals surface area contributed by atoms with Crippen LogP contribution in [0.15, 0.2) is 42.6 Å². The Morgan fingerprint density at radius 2 is 1.81 bits per heavy atom. The summed E-state index contributed by atoms with van der Waals surface area (Å²) in [4.78, 5) is 28.6. The molecule has 0 fully saturated rings. The first-order valence-corrected chi connectivity index (χ1v) is 9.31. The molecule has 1 aromatic heterocycles. The van der Waals surface area contributed by atoms with E-state index >= 15 is 0 Å². The highest BCUT2D eigenvalue weighted by Crippen LogP contribution is 2.31. The molecule has 0 aliphatic heterocycles. The molecule has 166 valence electrons. The molecule has 3 rings (SSSR count). The number of ether oxygens (including phenoxy) is 1. The number of nitrogens with one attached hydrogen (secondary N) is 1. The van der Waals surface area contributed by atoms with Crippen molar-refractivity contribution in [2.24, 2.45) is 0 Å². The van der Waals surface area contributed by atoms with Gasteiger partial charge in [-0.1, -0.05) is 23.7 Å². The van der Waals surface area contributed by atoms with Crippen molar-refractivity contribution in [2.45, 2.75) is 18.6 Å². The predicted molar refractivity (Wildman–Crippen MR) is 108 cm³/mol. The summed E-state index contributed by atoms with van der Waals surface area (Å²) >= 11 is 0. The maximum atomic E-state index is 13.9. The summed E-state index contributed by atoms with van der Waals surface area (Å²) in [6.07, 6.45) is -4.23. The SMILES string of the molecule is Bc1ccc(C[C@H](NC(=O)c2c(F)cccc2F)C(=O)OC)c2cc(C(F)(F)F)cnc12. The molecule has 0 spiro atoms. The fraction of sp³-hybridized carbons (Fsp3) is 0.190. The van der Waals surface area contributed by atoms with Gasteiger partial charge in [-0.15, -0.1) is 0 Å². The van der Waals surface area contributed by atoms with E-state index in [-0.39, 0.29) is 22.9 Å². The number of hydrogen-bond donors (Lipinski definition) is 1. The number of esters is 1. The minimum atomic E-state index is -4.64. The second kappa shape index (κ2) is 8.93. The molecule has 1 amide bonds. The minimum Gasteiger partial charge on any atom is -0.467 e. The second-order valence-electron chi connectivity index (χ2n) is 7.01. The van der Waals surface area contributed by atoms with Crippen molar-refractivity contribution in [3.63, 3.8) is 0 Å². The molecule has 11 heteroatoms. The van der Waals surface area contributed by atoms with E-state index in [1.807, 2.05) is 0 Å². The van der Waals surface area contributed by atoms with Crippen molar-refractivity contribution in [1.82, 2.24) is 10.3 Å². The molecule has 1 N–H and O–H groups in total. The van der Waals surface area contributed by atoms with Gasteiger partial charge in [0.05, 0.1) is 18.2 Å². The van der Waals surface area contributed by atoms with Gasteiger partial charge in [0.15, 0.2) is 0 Å². The highest BCUT2D eigenvalue weighted by molar-refractivity contribution is 6.38. The molecule has 1 heterocycles. The van der Waals surface area contributed by atoms with E-state index in [1.165, 1.54) is 6.07 Å². The molecule has 0 aliphatic rings. The number of hydrogen-bond acceptors (Lipinski definition) is 4. The maximum Gasteiger partial charge on any atom is 0.417 e. The largest absolute Gasteiger partial charge is 0.467 e. The van der Waals surface area contributed by atoms with Gasteiger partial charge in [-0.05, 0) is 23.8 Å². The third-order valence-electron chi connectivity index (χ3n) is 4.87. The highest BCUT2D eigenvalue weighted by atomic mass is 19.4. The number of fused-ring (bicyclic) bond motifs is 1. The first kappa shape index (κ1) is 23.2. The fourth-order valence-corrected chi connectivity index (χ4v) is 3.25. The molecule has 0 unspecified atom stereocenters. The lowest BCUT2D eigenvalue weighted by molar-refractivity contribution is -0.143. The van der Waals surface area contributed by atoms with Crippen LogP contribution < -0.4 is 10.8 Å². The number of halogens is 5. The zero-order chi connectivity index (χ0) is 23.6. The Kier molecular flexibility index (Phi) is 6.47. The van der Waals surface area contributed by atoms with Gasteiger partial charge in [-0.2, -0.15) is 13.2 Å². The Balaban J connectivity index is 2.01. The number of rotatable bonds is 5. The molecule has 2 aromatic carbocycles. The van der Waals surface area contributed by atoms with Gasteiger partial charge in [0.1, 0.15) is 31.1 Å². The normalized spacial score (nSPS) is 12.4. The number of nitrogens with zero attached hydrogens (tertiary/aromatic N) is 1. The van der Waals surface area contributed by atoms with Crippen LogP contribution in [0.4, 0.5) is 22.0 Å². The summed E-state index contributed by atoms with van der Waals surface area (Å²) < 4.78 is 72.1. The molecule has 1 atom stereocenters. The number of benzene rings is 2. The Hall–Kier alpha value is -3.50. The second-order valence-corrected chi connectivity index (χ2v) is 7.01. The molecule has 5 nitrogen and oxygen atoms in total. The Bertz CT molecular complexity index is 1180. The molecular weight excluding hydrogens is 434 g/mol. The molecule has 0 saturated carbocycles. The third-order valence-corrected chi connectivity index (χ3v) is 4.87. The van der Waals surface area contributed by atoms with Crippen LogP contribution in [0.3, 0.4) is 0 Å². The minimum absolute atomic E-state index is 0.125. The van der Waals surface area contributed by atoms with Crippen molar-refractivity contribution in [3.8, 4) is 0 Å². The summed E-state index contributed by atoms with van der Waals surface area (Å²) in [5.41, 5.74) is -0.732. The topological polar surface area (TPSA) is 68.3 Å². The van der Waals surface area contributed by atoms with E-state index in [9.17, 15) is 31.5 Å². The van der Waals surface area contributed by atoms with Crippen LogP contribution in [0.5, 0.6) is 0 Å². The summed E-state index contributed by atoms with van der Waals surface area (Å²) in [5.74, 6) is -4.41. The first-order chi connectivity index (χ1) is 15.0. The number of carbonyl (C=O) groups excluding carboxylic acids is 2. The monoisotopic (exact) mass is 450 g/mol. The lowest BCUT2D eigenvalue weighted by Crippen LogP contribution is -2.43. The van der Waals surface area contributed by atoms with Crippen LogP contribution in [0.25, 0.3) is 10.9 Å². The predicted octanol–water partition coefficient (Wildman–Crippen LogP) is 2.30. The van der Waals surface area contributed by atoms with E-state index in [0.717, 1.165) is 31.4 Å². The average Bonchev–Trinajstić information content (AvgIpc) is 2.73. The summed E-state index contributed by atoms with van der Waals surface area (Å²) in [5, 5.41) is 2.33. The van der Waals surface area contributed by atoms with Crippen LogP contribution in [0.1, 0.15) is 21.5 Å². The van der Waals surface area contributed by atoms with Gasteiger partial charge in [0, 0.05) is 18.0 Å². The van der Waals surface area contributed by atoms with Crippen LogP contribution in [-0.4, -0.2) is 37.9 Å². The quantitative estimate of drug-likeness (QED) is 0.368. The smallest absolute Gasteiger partial charge is 0.417 e. The number of carbonyl (C=O) groups is 2. The van der Waals surface area contributed by atoms with Crippen molar-refractivity contribution >= 4 is 36.1 Å². The number of aromatic nitrogens is 1. The van der Waals surface area contributed by atoms with Gasteiger partial charge in [-0.3, -0.25) is 9.78 Å². The molecule has 0 saturated heterocycles. The van der Waals surface area contributed by atoms with Crippen LogP contribution in [0.2, 0.25) is 0 Å². The van der Waals surface area contributed by atoms with E-state index < -0.39 is 46.9 Å². The zero-order valence-electron chi connectivity index (χ0n) is 16.9. The van der Waals surface area contributed by atoms with Crippen molar-refractivity contribution in [1.29, 1.82) is 0 Å². The average molecular weight is 450 g/mol. The molecule has 0 radical (unpaired) electrons. The van der Waals surface area contributed by atoms with Gasteiger partial charge in [0.25, 0.3) is 5.91 Å². The fourth-order valence-electron chi connectivity index (χ4n) is 3.25. The lowest BCUT2D eigenvalue weighted by atomic mass is 9.89. The Labute approximate surface area is 180 Å². The molecule has 32 heavy (non-hydrogen) atoms. The van der Waals surface area contributed by atoms with Crippen LogP contribution in [0, 0.1) is 11.6 Å². The molecular formula is C21H16BF5N2O3. The van der Waals surface area contributed by atoms with Crippen molar-refractivity contribution < 1.29 is 36.3 Å². The highest BCUT2D eigenvalue weighted by Gasteiger charge is 2.32. The Morgan fingerprint density at radius 1 is 1.16 bits per heavy atom. The molecule has 3 aromatic rings. The Morgan fingerprint density at radius 3 is 2.41 bits per heavy atom. The van der Waals surface area contributed by atoms with Crippen molar-refractivity contribution in [2.75, 3.05) is 7.11 Å².